The lowest BCUT2D eigenvalue weighted by Gasteiger charge is -2.21. The third kappa shape index (κ3) is 4.49. The van der Waals surface area contributed by atoms with Gasteiger partial charge in [0.15, 0.2) is 17.2 Å². The normalized spacial score (nSPS) is 11.8. The Bertz CT molecular complexity index is 2080. The fourth-order valence-electron chi connectivity index (χ4n) is 4.86. The van der Waals surface area contributed by atoms with Gasteiger partial charge in [0, 0.05) is 30.2 Å². The van der Waals surface area contributed by atoms with Gasteiger partial charge in [-0.25, -0.2) is 9.50 Å². The van der Waals surface area contributed by atoms with Crippen molar-refractivity contribution in [1.29, 1.82) is 0 Å². The molecule has 2 aromatic carbocycles. The summed E-state index contributed by atoms with van der Waals surface area (Å²) < 4.78 is 4.77. The molecule has 10 nitrogen and oxygen atoms in total. The van der Waals surface area contributed by atoms with E-state index in [1.165, 1.54) is 4.52 Å². The first-order chi connectivity index (χ1) is 19.8. The number of benzene rings is 2. The summed E-state index contributed by atoms with van der Waals surface area (Å²) in [4.78, 5) is 31.9. The summed E-state index contributed by atoms with van der Waals surface area (Å²) in [6.45, 7) is 3.76. The van der Waals surface area contributed by atoms with Crippen LogP contribution in [-0.2, 0) is 7.05 Å². The molecule has 0 aliphatic heterocycles. The number of anilines is 1. The summed E-state index contributed by atoms with van der Waals surface area (Å²) in [5.74, 6) is 5.96. The van der Waals surface area contributed by atoms with Crippen molar-refractivity contribution < 1.29 is 4.79 Å². The highest BCUT2D eigenvalue weighted by Crippen LogP contribution is 2.24. The maximum absolute atomic E-state index is 14.2. The van der Waals surface area contributed by atoms with Crippen molar-refractivity contribution in [2.24, 2.45) is 7.05 Å². The topological polar surface area (TPSA) is 125 Å². The first kappa shape index (κ1) is 25.6. The monoisotopic (exact) mass is 542 g/mol. The van der Waals surface area contributed by atoms with E-state index < -0.39 is 11.9 Å². The lowest BCUT2D eigenvalue weighted by atomic mass is 10.0. The van der Waals surface area contributed by atoms with Crippen LogP contribution in [0.5, 0.6) is 0 Å². The molecule has 1 amide bonds. The zero-order valence-electron chi connectivity index (χ0n) is 22.7. The van der Waals surface area contributed by atoms with Crippen LogP contribution in [0.2, 0.25) is 0 Å². The van der Waals surface area contributed by atoms with Crippen LogP contribution in [0.25, 0.3) is 22.1 Å². The molecule has 6 aromatic rings. The van der Waals surface area contributed by atoms with Crippen molar-refractivity contribution in [3.05, 3.63) is 118 Å². The molecule has 202 valence electrons. The number of nitrogens with zero attached hydrogens (tertiary/aromatic N) is 6. The van der Waals surface area contributed by atoms with Crippen LogP contribution in [-0.4, -0.2) is 34.9 Å². The average molecular weight is 543 g/mol. The standard InChI is InChI=1S/C31H26N8O2/c1-19(35-30(40)28-29(32)36-26-13-8-16-33-39(26)28)25-17-22-10-7-9-21(14-15-23-18-34-37(3)20(23)2)27(22)31(41)38(25)24-11-5-4-6-12-24/h4-13,16-19H,32H2,1-3H3,(H,35,40). The van der Waals surface area contributed by atoms with E-state index in [1.54, 1.807) is 33.8 Å². The summed E-state index contributed by atoms with van der Waals surface area (Å²) in [6.07, 6.45) is 3.27. The van der Waals surface area contributed by atoms with Crippen LogP contribution in [0.3, 0.4) is 0 Å². The molecule has 0 aliphatic carbocycles. The second kappa shape index (κ2) is 10.1. The first-order valence-electron chi connectivity index (χ1n) is 13.0. The van der Waals surface area contributed by atoms with Gasteiger partial charge in [0.05, 0.1) is 28.9 Å². The minimum atomic E-state index is -0.582. The minimum Gasteiger partial charge on any atom is -0.382 e. The fraction of sp³-hybridized carbons (Fsp3) is 0.129. The number of para-hydroxylation sites is 1. The van der Waals surface area contributed by atoms with Crippen molar-refractivity contribution >= 4 is 28.1 Å². The van der Waals surface area contributed by atoms with Crippen LogP contribution in [0, 0.1) is 18.8 Å². The van der Waals surface area contributed by atoms with E-state index in [-0.39, 0.29) is 17.1 Å². The average Bonchev–Trinajstić information content (AvgIpc) is 3.49. The number of amides is 1. The van der Waals surface area contributed by atoms with Gasteiger partial charge in [0.2, 0.25) is 0 Å². The maximum atomic E-state index is 14.2. The molecule has 0 saturated heterocycles. The molecule has 0 saturated carbocycles. The molecule has 0 fully saturated rings. The smallest absolute Gasteiger partial charge is 0.274 e. The van der Waals surface area contributed by atoms with Gasteiger partial charge in [-0.15, -0.1) is 0 Å². The minimum absolute atomic E-state index is 0.0689. The number of aryl methyl sites for hydroxylation is 1. The number of fused-ring (bicyclic) bond motifs is 2. The largest absolute Gasteiger partial charge is 0.382 e. The maximum Gasteiger partial charge on any atom is 0.274 e. The van der Waals surface area contributed by atoms with Crippen molar-refractivity contribution in [2.45, 2.75) is 19.9 Å². The van der Waals surface area contributed by atoms with Crippen molar-refractivity contribution in [1.82, 2.24) is 34.3 Å². The van der Waals surface area contributed by atoms with Gasteiger partial charge < -0.3 is 11.1 Å². The Hall–Kier alpha value is -5.69. The van der Waals surface area contributed by atoms with E-state index >= 15 is 0 Å². The molecule has 1 atom stereocenters. The molecule has 0 aliphatic rings. The number of imidazole rings is 1. The second-order valence-electron chi connectivity index (χ2n) is 9.67. The molecule has 0 spiro atoms. The number of hydrogen-bond acceptors (Lipinski definition) is 6. The van der Waals surface area contributed by atoms with E-state index in [4.69, 9.17) is 5.73 Å². The van der Waals surface area contributed by atoms with Crippen LogP contribution in [0.1, 0.15) is 46.0 Å². The van der Waals surface area contributed by atoms with E-state index in [9.17, 15) is 9.59 Å². The Kier molecular flexibility index (Phi) is 6.32. The number of carbonyl (C=O) groups is 1. The zero-order valence-corrected chi connectivity index (χ0v) is 22.7. The van der Waals surface area contributed by atoms with E-state index in [0.29, 0.717) is 33.4 Å². The Morgan fingerprint density at radius 3 is 2.54 bits per heavy atom. The van der Waals surface area contributed by atoms with Crippen LogP contribution in [0.4, 0.5) is 5.82 Å². The molecule has 3 N–H and O–H groups in total. The number of nitrogen functional groups attached to an aromatic ring is 1. The number of nitrogens with two attached hydrogens (primary N) is 1. The number of hydrogen-bond donors (Lipinski definition) is 2. The summed E-state index contributed by atoms with van der Waals surface area (Å²) in [5, 5.41) is 12.7. The SMILES string of the molecule is Cc1c(C#Cc2cccc3cc(C(C)NC(=O)c4c(N)nc5cccnn45)n(-c4ccccc4)c(=O)c23)cnn1C. The molecular formula is C31H26N8O2. The molecule has 6 rings (SSSR count). The number of carbonyl (C=O) groups excluding carboxylic acids is 1. The van der Waals surface area contributed by atoms with Crippen molar-refractivity contribution in [3.63, 3.8) is 0 Å². The van der Waals surface area contributed by atoms with Crippen molar-refractivity contribution in [3.8, 4) is 17.5 Å². The summed E-state index contributed by atoms with van der Waals surface area (Å²) in [5.41, 5.74) is 10.0. The van der Waals surface area contributed by atoms with Gasteiger partial charge in [-0.3, -0.25) is 18.8 Å². The Morgan fingerprint density at radius 1 is 1.00 bits per heavy atom. The summed E-state index contributed by atoms with van der Waals surface area (Å²) in [7, 11) is 1.86. The van der Waals surface area contributed by atoms with Gasteiger partial charge >= 0.3 is 0 Å². The molecule has 0 radical (unpaired) electrons. The molecule has 4 aromatic heterocycles. The van der Waals surface area contributed by atoms with Crippen LogP contribution in [0.15, 0.2) is 83.9 Å². The Balaban J connectivity index is 1.48. The van der Waals surface area contributed by atoms with Gasteiger partial charge in [-0.05, 0) is 55.6 Å². The second-order valence-corrected chi connectivity index (χ2v) is 9.67. The summed E-state index contributed by atoms with van der Waals surface area (Å²) in [6, 6.07) is 19.6. The number of aromatic nitrogens is 6. The first-order valence-corrected chi connectivity index (χ1v) is 13.0. The molecule has 1 unspecified atom stereocenters. The lowest BCUT2D eigenvalue weighted by molar-refractivity contribution is 0.0932. The van der Waals surface area contributed by atoms with Crippen LogP contribution >= 0.6 is 0 Å². The van der Waals surface area contributed by atoms with Gasteiger partial charge in [-0.1, -0.05) is 42.2 Å². The highest BCUT2D eigenvalue weighted by atomic mass is 16.2. The van der Waals surface area contributed by atoms with E-state index in [1.807, 2.05) is 75.5 Å². The number of rotatable bonds is 4. The predicted molar refractivity (Wildman–Crippen MR) is 157 cm³/mol. The molecule has 10 heteroatoms. The fourth-order valence-corrected chi connectivity index (χ4v) is 4.86. The molecule has 4 heterocycles. The number of nitrogens with one attached hydrogen (secondary N) is 1. The van der Waals surface area contributed by atoms with Gasteiger partial charge in [0.25, 0.3) is 11.5 Å². The van der Waals surface area contributed by atoms with E-state index in [2.05, 4.69) is 32.3 Å². The quantitative estimate of drug-likeness (QED) is 0.328. The van der Waals surface area contributed by atoms with Gasteiger partial charge in [-0.2, -0.15) is 10.2 Å². The number of pyridine rings is 1. The highest BCUT2D eigenvalue weighted by Gasteiger charge is 2.23. The van der Waals surface area contributed by atoms with Gasteiger partial charge in [0.1, 0.15) is 0 Å². The highest BCUT2D eigenvalue weighted by molar-refractivity contribution is 5.98. The lowest BCUT2D eigenvalue weighted by Crippen LogP contribution is -2.33. The third-order valence-corrected chi connectivity index (χ3v) is 7.08. The summed E-state index contributed by atoms with van der Waals surface area (Å²) >= 11 is 0. The van der Waals surface area contributed by atoms with Crippen molar-refractivity contribution in [2.75, 3.05) is 5.73 Å². The van der Waals surface area contributed by atoms with Crippen LogP contribution < -0.4 is 16.6 Å². The Morgan fingerprint density at radius 2 is 1.78 bits per heavy atom. The molecule has 41 heavy (non-hydrogen) atoms. The molecular weight excluding hydrogens is 516 g/mol. The molecule has 0 bridgehead atoms. The third-order valence-electron chi connectivity index (χ3n) is 7.08. The van der Waals surface area contributed by atoms with E-state index in [0.717, 1.165) is 11.3 Å². The predicted octanol–water partition coefficient (Wildman–Crippen LogP) is 3.55. The Labute approximate surface area is 235 Å². The zero-order chi connectivity index (χ0) is 28.7.